The second-order valence-corrected chi connectivity index (χ2v) is 5.83. The summed E-state index contributed by atoms with van der Waals surface area (Å²) in [4.78, 5) is 0. The summed E-state index contributed by atoms with van der Waals surface area (Å²) in [5.74, 6) is -0.364. The van der Waals surface area contributed by atoms with Gasteiger partial charge in [0.1, 0.15) is 17.5 Å². The van der Waals surface area contributed by atoms with E-state index in [1.54, 1.807) is 19.9 Å². The second kappa shape index (κ2) is 4.37. The molecule has 2 rings (SSSR count). The average Bonchev–Trinajstić information content (AvgIpc) is 2.59. The maximum Gasteiger partial charge on any atom is 0.264 e. The van der Waals surface area contributed by atoms with Crippen LogP contribution in [0.25, 0.3) is 11.0 Å². The van der Waals surface area contributed by atoms with E-state index >= 15 is 0 Å². The van der Waals surface area contributed by atoms with Crippen LogP contribution >= 0.6 is 0 Å². The Labute approximate surface area is 104 Å². The maximum absolute atomic E-state index is 13.5. The summed E-state index contributed by atoms with van der Waals surface area (Å²) >= 11 is 0. The molecule has 1 heterocycles. The van der Waals surface area contributed by atoms with Crippen LogP contribution in [0.3, 0.4) is 0 Å². The molecule has 1 aromatic carbocycles. The van der Waals surface area contributed by atoms with Crippen LogP contribution in [0, 0.1) is 12.7 Å². The van der Waals surface area contributed by atoms with Gasteiger partial charge in [-0.2, -0.15) is 8.42 Å². The van der Waals surface area contributed by atoms with Gasteiger partial charge in [-0.3, -0.25) is 4.18 Å². The first-order valence-electron chi connectivity index (χ1n) is 5.33. The number of halogens is 1. The third-order valence-corrected chi connectivity index (χ3v) is 3.28. The Kier molecular flexibility index (Phi) is 3.16. The maximum atomic E-state index is 13.5. The number of fused-ring (bicyclic) bond motifs is 1. The first-order chi connectivity index (χ1) is 8.28. The highest BCUT2D eigenvalue weighted by Gasteiger charge is 2.18. The lowest BCUT2D eigenvalue weighted by Crippen LogP contribution is -2.07. The molecule has 0 saturated carbocycles. The normalized spacial score (nSPS) is 14.0. The van der Waals surface area contributed by atoms with Crippen LogP contribution in [-0.4, -0.2) is 14.7 Å². The Bertz CT molecular complexity index is 687. The molecule has 0 radical (unpaired) electrons. The van der Waals surface area contributed by atoms with Gasteiger partial charge in [-0.1, -0.05) is 0 Å². The highest BCUT2D eigenvalue weighted by Crippen LogP contribution is 2.30. The van der Waals surface area contributed by atoms with E-state index in [4.69, 9.17) is 8.60 Å². The quantitative estimate of drug-likeness (QED) is 0.806. The van der Waals surface area contributed by atoms with Crippen LogP contribution in [0.2, 0.25) is 0 Å². The molecule has 0 spiro atoms. The van der Waals surface area contributed by atoms with Crippen LogP contribution in [0.5, 0.6) is 0 Å². The van der Waals surface area contributed by atoms with E-state index in [0.717, 1.165) is 6.26 Å². The molecule has 0 aliphatic carbocycles. The van der Waals surface area contributed by atoms with Crippen LogP contribution in [0.15, 0.2) is 22.8 Å². The summed E-state index contributed by atoms with van der Waals surface area (Å²) in [6.07, 6.45) is 1.64. The number of benzene rings is 1. The Balaban J connectivity index is 2.49. The van der Waals surface area contributed by atoms with E-state index in [1.165, 1.54) is 12.3 Å². The fourth-order valence-corrected chi connectivity index (χ4v) is 2.43. The van der Waals surface area contributed by atoms with Crippen LogP contribution in [-0.2, 0) is 14.3 Å². The lowest BCUT2D eigenvalue weighted by molar-refractivity contribution is 0.237. The number of hydrogen-bond acceptors (Lipinski definition) is 4. The van der Waals surface area contributed by atoms with Crippen molar-refractivity contribution in [3.05, 3.63) is 35.3 Å². The summed E-state index contributed by atoms with van der Waals surface area (Å²) in [6, 6.07) is 2.90. The van der Waals surface area contributed by atoms with Gasteiger partial charge in [0.2, 0.25) is 0 Å². The van der Waals surface area contributed by atoms with Crippen molar-refractivity contribution in [2.45, 2.75) is 20.0 Å². The Morgan fingerprint density at radius 2 is 2.06 bits per heavy atom. The van der Waals surface area contributed by atoms with E-state index in [0.29, 0.717) is 22.1 Å². The largest absolute Gasteiger partial charge is 0.464 e. The number of hydrogen-bond donors (Lipinski definition) is 0. The predicted molar refractivity (Wildman–Crippen MR) is 65.3 cm³/mol. The Morgan fingerprint density at radius 3 is 2.67 bits per heavy atom. The summed E-state index contributed by atoms with van der Waals surface area (Å²) in [5, 5.41) is 0.522. The molecular weight excluding hydrogens is 259 g/mol. The molecule has 0 fully saturated rings. The van der Waals surface area contributed by atoms with Gasteiger partial charge in [0.05, 0.1) is 12.5 Å². The number of furan rings is 1. The highest BCUT2D eigenvalue weighted by atomic mass is 32.2. The molecule has 4 nitrogen and oxygen atoms in total. The van der Waals surface area contributed by atoms with Crippen LogP contribution in [0.1, 0.15) is 24.2 Å². The van der Waals surface area contributed by atoms with Gasteiger partial charge in [-0.05, 0) is 31.5 Å². The predicted octanol–water partition coefficient (Wildman–Crippen LogP) is 2.92. The number of rotatable bonds is 3. The van der Waals surface area contributed by atoms with Gasteiger partial charge < -0.3 is 4.42 Å². The van der Waals surface area contributed by atoms with E-state index < -0.39 is 16.2 Å². The van der Waals surface area contributed by atoms with Crippen molar-refractivity contribution in [1.29, 1.82) is 0 Å². The molecule has 98 valence electrons. The molecule has 0 aliphatic heterocycles. The van der Waals surface area contributed by atoms with E-state index in [2.05, 4.69) is 0 Å². The summed E-state index contributed by atoms with van der Waals surface area (Å²) in [5.41, 5.74) is 1.49. The molecule has 0 amide bonds. The zero-order valence-corrected chi connectivity index (χ0v) is 11.0. The molecule has 1 aromatic heterocycles. The van der Waals surface area contributed by atoms with E-state index in [9.17, 15) is 12.8 Å². The van der Waals surface area contributed by atoms with Crippen molar-refractivity contribution in [1.82, 2.24) is 0 Å². The zero-order chi connectivity index (χ0) is 13.5. The minimum absolute atomic E-state index is 0.364. The second-order valence-electron chi connectivity index (χ2n) is 4.23. The first kappa shape index (κ1) is 13.0. The van der Waals surface area contributed by atoms with Crippen LogP contribution < -0.4 is 0 Å². The Morgan fingerprint density at radius 1 is 1.39 bits per heavy atom. The van der Waals surface area contributed by atoms with Crippen molar-refractivity contribution < 1.29 is 21.4 Å². The summed E-state index contributed by atoms with van der Waals surface area (Å²) in [7, 11) is -3.57. The standard InChI is InChI=1S/C12H13FO4S/c1-7-4-12-9(5-11(7)13)10(6-16-12)8(2)17-18(3,14)15/h4-6,8H,1-3H3. The monoisotopic (exact) mass is 272 g/mol. The molecule has 1 atom stereocenters. The molecule has 0 aliphatic rings. The van der Waals surface area contributed by atoms with Gasteiger partial charge in [0.15, 0.2) is 0 Å². The lowest BCUT2D eigenvalue weighted by Gasteiger charge is -2.09. The summed E-state index contributed by atoms with van der Waals surface area (Å²) in [6.45, 7) is 3.20. The smallest absolute Gasteiger partial charge is 0.264 e. The summed E-state index contributed by atoms with van der Waals surface area (Å²) < 4.78 is 45.8. The minimum atomic E-state index is -3.57. The third kappa shape index (κ3) is 2.54. The fourth-order valence-electron chi connectivity index (χ4n) is 1.80. The highest BCUT2D eigenvalue weighted by molar-refractivity contribution is 7.86. The van der Waals surface area contributed by atoms with Gasteiger partial charge >= 0.3 is 0 Å². The first-order valence-corrected chi connectivity index (χ1v) is 7.15. The molecule has 18 heavy (non-hydrogen) atoms. The minimum Gasteiger partial charge on any atom is -0.464 e. The average molecular weight is 272 g/mol. The number of aryl methyl sites for hydroxylation is 1. The van der Waals surface area contributed by atoms with E-state index in [-0.39, 0.29) is 5.82 Å². The van der Waals surface area contributed by atoms with Gasteiger partial charge in [-0.25, -0.2) is 4.39 Å². The molecule has 0 bridgehead atoms. The van der Waals surface area contributed by atoms with Crippen molar-refractivity contribution >= 4 is 21.1 Å². The fraction of sp³-hybridized carbons (Fsp3) is 0.333. The van der Waals surface area contributed by atoms with E-state index in [1.807, 2.05) is 0 Å². The van der Waals surface area contributed by atoms with Crippen molar-refractivity contribution in [2.24, 2.45) is 0 Å². The molecule has 6 heteroatoms. The zero-order valence-electron chi connectivity index (χ0n) is 10.2. The van der Waals surface area contributed by atoms with Gasteiger partial charge in [-0.15, -0.1) is 0 Å². The SMILES string of the molecule is Cc1cc2occ(C(C)OS(C)(=O)=O)c2cc1F. The van der Waals surface area contributed by atoms with Crippen LogP contribution in [0.4, 0.5) is 4.39 Å². The van der Waals surface area contributed by atoms with Crippen molar-refractivity contribution in [2.75, 3.05) is 6.26 Å². The molecular formula is C12H13FO4S. The lowest BCUT2D eigenvalue weighted by atomic mass is 10.1. The van der Waals surface area contributed by atoms with Crippen molar-refractivity contribution in [3.63, 3.8) is 0 Å². The topological polar surface area (TPSA) is 56.5 Å². The molecule has 0 saturated heterocycles. The molecule has 2 aromatic rings. The van der Waals surface area contributed by atoms with Gasteiger partial charge in [0, 0.05) is 10.9 Å². The van der Waals surface area contributed by atoms with Crippen molar-refractivity contribution in [3.8, 4) is 0 Å². The molecule has 1 unspecified atom stereocenters. The van der Waals surface area contributed by atoms with Gasteiger partial charge in [0.25, 0.3) is 10.1 Å². The third-order valence-electron chi connectivity index (χ3n) is 2.64. The Hall–Kier alpha value is -1.40. The molecule has 0 N–H and O–H groups in total.